The fourth-order valence-electron chi connectivity index (χ4n) is 4.86. The van der Waals surface area contributed by atoms with Gasteiger partial charge < -0.3 is 19.5 Å². The normalized spacial score (nSPS) is 17.7. The summed E-state index contributed by atoms with van der Waals surface area (Å²) in [6, 6.07) is 13.6. The van der Waals surface area contributed by atoms with Crippen molar-refractivity contribution in [3.63, 3.8) is 0 Å². The number of piperazine rings is 1. The van der Waals surface area contributed by atoms with Gasteiger partial charge in [0.2, 0.25) is 11.9 Å². The Morgan fingerprint density at radius 1 is 1.12 bits per heavy atom. The van der Waals surface area contributed by atoms with Gasteiger partial charge in [-0.25, -0.2) is 15.0 Å². The third-order valence-corrected chi connectivity index (χ3v) is 6.58. The number of carbonyl (C=O) groups excluding carboxylic acids is 1. The Bertz CT molecular complexity index is 1240. The van der Waals surface area contributed by atoms with Crippen LogP contribution in [0.25, 0.3) is 11.3 Å². The van der Waals surface area contributed by atoms with Crippen molar-refractivity contribution in [2.45, 2.75) is 38.8 Å². The highest BCUT2D eigenvalue weighted by Gasteiger charge is 2.46. The molecule has 174 valence electrons. The molecule has 9 nitrogen and oxygen atoms in total. The van der Waals surface area contributed by atoms with Crippen LogP contribution in [0.5, 0.6) is 0 Å². The standard InChI is InChI=1S/C25H27N7O2/c1-17-14-20(15-26)30-24(28-17)31-11-8-25(9-12-31)23(33)32(13-10-27-25)16-21-22(34-18(2)29-21)19-6-4-3-5-7-19/h3-7,14,27H,8-13,16H2,1-2H3. The lowest BCUT2D eigenvalue weighted by Crippen LogP contribution is -2.67. The molecule has 2 aromatic heterocycles. The molecule has 0 aliphatic carbocycles. The third kappa shape index (κ3) is 4.13. The number of nitrogens with one attached hydrogen (secondary N) is 1. The van der Waals surface area contributed by atoms with E-state index in [0.717, 1.165) is 29.3 Å². The zero-order chi connectivity index (χ0) is 23.7. The second-order valence-corrected chi connectivity index (χ2v) is 8.90. The number of oxazole rings is 1. The molecule has 1 N–H and O–H groups in total. The van der Waals surface area contributed by atoms with Crippen molar-refractivity contribution >= 4 is 11.9 Å². The molecule has 0 bridgehead atoms. The van der Waals surface area contributed by atoms with Crippen molar-refractivity contribution in [1.29, 1.82) is 5.26 Å². The molecule has 3 aromatic rings. The first-order valence-electron chi connectivity index (χ1n) is 11.5. The van der Waals surface area contributed by atoms with E-state index in [-0.39, 0.29) is 5.91 Å². The van der Waals surface area contributed by atoms with Gasteiger partial charge in [-0.3, -0.25) is 4.79 Å². The topological polar surface area (TPSA) is 111 Å². The highest BCUT2D eigenvalue weighted by Crippen LogP contribution is 2.31. The number of rotatable bonds is 4. The maximum atomic E-state index is 13.7. The van der Waals surface area contributed by atoms with E-state index >= 15 is 0 Å². The molecule has 2 aliphatic rings. The molecule has 2 aliphatic heterocycles. The van der Waals surface area contributed by atoms with Gasteiger partial charge in [-0.2, -0.15) is 5.26 Å². The molecule has 0 atom stereocenters. The smallest absolute Gasteiger partial charge is 0.243 e. The number of aryl methyl sites for hydroxylation is 2. The number of piperidine rings is 1. The zero-order valence-electron chi connectivity index (χ0n) is 19.4. The highest BCUT2D eigenvalue weighted by atomic mass is 16.4. The molecular weight excluding hydrogens is 430 g/mol. The number of nitriles is 1. The van der Waals surface area contributed by atoms with Crippen molar-refractivity contribution in [1.82, 2.24) is 25.2 Å². The van der Waals surface area contributed by atoms with E-state index in [2.05, 4.69) is 31.2 Å². The largest absolute Gasteiger partial charge is 0.441 e. The van der Waals surface area contributed by atoms with E-state index in [1.807, 2.05) is 49.1 Å². The van der Waals surface area contributed by atoms with Crippen LogP contribution in [0.3, 0.4) is 0 Å². The lowest BCUT2D eigenvalue weighted by atomic mass is 9.84. The second-order valence-electron chi connectivity index (χ2n) is 8.90. The minimum atomic E-state index is -0.609. The number of nitrogens with zero attached hydrogens (tertiary/aromatic N) is 6. The molecular formula is C25H27N7O2. The van der Waals surface area contributed by atoms with Crippen molar-refractivity contribution in [3.8, 4) is 17.4 Å². The van der Waals surface area contributed by atoms with Crippen LogP contribution in [-0.4, -0.2) is 57.5 Å². The fourth-order valence-corrected chi connectivity index (χ4v) is 4.86. The van der Waals surface area contributed by atoms with Gasteiger partial charge >= 0.3 is 0 Å². The molecule has 5 rings (SSSR count). The molecule has 0 saturated carbocycles. The average Bonchev–Trinajstić information content (AvgIpc) is 3.22. The van der Waals surface area contributed by atoms with Crippen LogP contribution in [0.4, 0.5) is 5.95 Å². The van der Waals surface area contributed by atoms with Crippen molar-refractivity contribution in [3.05, 3.63) is 59.4 Å². The summed E-state index contributed by atoms with van der Waals surface area (Å²) >= 11 is 0. The quantitative estimate of drug-likeness (QED) is 0.636. The molecule has 9 heteroatoms. The van der Waals surface area contributed by atoms with Gasteiger partial charge in [0.25, 0.3) is 0 Å². The Hall–Kier alpha value is -3.77. The van der Waals surface area contributed by atoms with Crippen LogP contribution in [0, 0.1) is 25.2 Å². The van der Waals surface area contributed by atoms with Crippen LogP contribution in [0.15, 0.2) is 40.8 Å². The van der Waals surface area contributed by atoms with Gasteiger partial charge in [0, 0.05) is 44.4 Å². The minimum Gasteiger partial charge on any atom is -0.441 e. The number of anilines is 1. The summed E-state index contributed by atoms with van der Waals surface area (Å²) in [5.74, 6) is 1.96. The summed E-state index contributed by atoms with van der Waals surface area (Å²) in [6.45, 7) is 6.73. The summed E-state index contributed by atoms with van der Waals surface area (Å²) in [7, 11) is 0. The number of hydrogen-bond acceptors (Lipinski definition) is 8. The van der Waals surface area contributed by atoms with E-state index in [0.29, 0.717) is 56.6 Å². The van der Waals surface area contributed by atoms with Gasteiger partial charge in [-0.05, 0) is 25.8 Å². The molecule has 0 unspecified atom stereocenters. The van der Waals surface area contributed by atoms with Crippen molar-refractivity contribution in [2.75, 3.05) is 31.1 Å². The predicted octanol–water partition coefficient (Wildman–Crippen LogP) is 2.59. The Morgan fingerprint density at radius 2 is 1.88 bits per heavy atom. The molecule has 4 heterocycles. The maximum Gasteiger partial charge on any atom is 0.243 e. The van der Waals surface area contributed by atoms with Crippen LogP contribution < -0.4 is 10.2 Å². The van der Waals surface area contributed by atoms with E-state index in [1.165, 1.54) is 0 Å². The average molecular weight is 458 g/mol. The van der Waals surface area contributed by atoms with E-state index < -0.39 is 5.54 Å². The number of amides is 1. The van der Waals surface area contributed by atoms with Crippen LogP contribution in [0.1, 0.15) is 35.8 Å². The summed E-state index contributed by atoms with van der Waals surface area (Å²) < 4.78 is 5.90. The first-order valence-corrected chi connectivity index (χ1v) is 11.5. The zero-order valence-corrected chi connectivity index (χ0v) is 19.4. The van der Waals surface area contributed by atoms with E-state index in [4.69, 9.17) is 4.42 Å². The van der Waals surface area contributed by atoms with E-state index in [1.54, 1.807) is 6.07 Å². The van der Waals surface area contributed by atoms with Gasteiger partial charge in [0.1, 0.15) is 23.0 Å². The summed E-state index contributed by atoms with van der Waals surface area (Å²) in [5.41, 5.74) is 2.25. The summed E-state index contributed by atoms with van der Waals surface area (Å²) in [5, 5.41) is 12.7. The maximum absolute atomic E-state index is 13.7. The summed E-state index contributed by atoms with van der Waals surface area (Å²) in [6.07, 6.45) is 1.29. The lowest BCUT2D eigenvalue weighted by Gasteiger charge is -2.46. The fraction of sp³-hybridized carbons (Fsp3) is 0.400. The number of benzene rings is 1. The van der Waals surface area contributed by atoms with Crippen molar-refractivity contribution in [2.24, 2.45) is 0 Å². The van der Waals surface area contributed by atoms with E-state index in [9.17, 15) is 10.1 Å². The van der Waals surface area contributed by atoms with Gasteiger partial charge in [-0.15, -0.1) is 0 Å². The summed E-state index contributed by atoms with van der Waals surface area (Å²) in [4.78, 5) is 31.1. The van der Waals surface area contributed by atoms with Crippen LogP contribution in [0.2, 0.25) is 0 Å². The first-order chi connectivity index (χ1) is 16.5. The molecule has 34 heavy (non-hydrogen) atoms. The Morgan fingerprint density at radius 3 is 2.62 bits per heavy atom. The van der Waals surface area contributed by atoms with Crippen LogP contribution >= 0.6 is 0 Å². The highest BCUT2D eigenvalue weighted by molar-refractivity contribution is 5.87. The predicted molar refractivity (Wildman–Crippen MR) is 126 cm³/mol. The first kappa shape index (κ1) is 22.0. The third-order valence-electron chi connectivity index (χ3n) is 6.58. The molecule has 1 spiro atoms. The number of carbonyl (C=O) groups is 1. The molecule has 1 amide bonds. The molecule has 2 saturated heterocycles. The van der Waals surface area contributed by atoms with Gasteiger partial charge in [0.05, 0.1) is 6.54 Å². The molecule has 0 radical (unpaired) electrons. The SMILES string of the molecule is Cc1cc(C#N)nc(N2CCC3(CC2)NCCN(Cc2nc(C)oc2-c2ccccc2)C3=O)n1. The van der Waals surface area contributed by atoms with Crippen LogP contribution in [-0.2, 0) is 11.3 Å². The van der Waals surface area contributed by atoms with Crippen molar-refractivity contribution < 1.29 is 9.21 Å². The minimum absolute atomic E-state index is 0.0981. The number of hydrogen-bond donors (Lipinski definition) is 1. The Kier molecular flexibility index (Phi) is 5.75. The Balaban J connectivity index is 1.32. The molecule has 1 aromatic carbocycles. The monoisotopic (exact) mass is 457 g/mol. The van der Waals surface area contributed by atoms with Gasteiger partial charge in [-0.1, -0.05) is 30.3 Å². The molecule has 2 fully saturated rings. The van der Waals surface area contributed by atoms with Gasteiger partial charge in [0.15, 0.2) is 11.7 Å². The lowest BCUT2D eigenvalue weighted by molar-refractivity contribution is -0.143. The Labute approximate surface area is 198 Å². The number of aromatic nitrogens is 3. The second kappa shape index (κ2) is 8.88.